The van der Waals surface area contributed by atoms with Crippen LogP contribution in [0.15, 0.2) is 99.9 Å². The lowest BCUT2D eigenvalue weighted by Crippen LogP contribution is -2.39. The van der Waals surface area contributed by atoms with Gasteiger partial charge < -0.3 is 14.2 Å². The number of aromatic nitrogens is 1. The Morgan fingerprint density at radius 3 is 2.36 bits per heavy atom. The molecule has 1 aliphatic rings. The van der Waals surface area contributed by atoms with E-state index in [-0.39, 0.29) is 11.1 Å². The van der Waals surface area contributed by atoms with Gasteiger partial charge in [0.1, 0.15) is 17.2 Å². The molecule has 1 atom stereocenters. The highest BCUT2D eigenvalue weighted by Gasteiger charge is 2.33. The summed E-state index contributed by atoms with van der Waals surface area (Å²) in [7, 11) is 1.29. The normalized spacial score (nSPS) is 14.8. The zero-order valence-corrected chi connectivity index (χ0v) is 22.2. The first-order chi connectivity index (χ1) is 18.8. The van der Waals surface area contributed by atoms with E-state index >= 15 is 0 Å². The van der Waals surface area contributed by atoms with Crippen molar-refractivity contribution in [1.82, 2.24) is 4.57 Å². The number of benzene rings is 3. The number of allylic oxidation sites excluding steroid dienone is 1. The number of carbonyl (C=O) groups excluding carboxylic acids is 2. The summed E-state index contributed by atoms with van der Waals surface area (Å²) in [5.41, 5.74) is 1.85. The number of nitrogens with zero attached hydrogens (tertiary/aromatic N) is 2. The van der Waals surface area contributed by atoms with E-state index in [1.807, 2.05) is 54.6 Å². The van der Waals surface area contributed by atoms with Crippen molar-refractivity contribution >= 4 is 29.4 Å². The predicted molar refractivity (Wildman–Crippen MR) is 146 cm³/mol. The molecule has 0 bridgehead atoms. The lowest BCUT2D eigenvalue weighted by atomic mass is 9.96. The maximum absolute atomic E-state index is 13.8. The maximum Gasteiger partial charge on any atom is 0.338 e. The van der Waals surface area contributed by atoms with Crippen LogP contribution in [0.4, 0.5) is 0 Å². The zero-order valence-electron chi connectivity index (χ0n) is 21.4. The molecule has 1 aliphatic heterocycles. The average molecular weight is 541 g/mol. The van der Waals surface area contributed by atoms with Crippen LogP contribution in [-0.2, 0) is 14.3 Å². The highest BCUT2D eigenvalue weighted by molar-refractivity contribution is 7.07. The molecule has 0 aliphatic carbocycles. The van der Waals surface area contributed by atoms with Crippen LogP contribution in [0.3, 0.4) is 0 Å². The van der Waals surface area contributed by atoms with Gasteiger partial charge in [0.25, 0.3) is 5.56 Å². The molecule has 0 radical (unpaired) electrons. The second-order valence-corrected chi connectivity index (χ2v) is 9.73. The minimum Gasteiger partial charge on any atom is -0.466 e. The molecular weight excluding hydrogens is 516 g/mol. The fourth-order valence-electron chi connectivity index (χ4n) is 4.34. The summed E-state index contributed by atoms with van der Waals surface area (Å²) in [6.07, 6.45) is 1.78. The molecule has 0 saturated heterocycles. The summed E-state index contributed by atoms with van der Waals surface area (Å²) < 4.78 is 18.1. The van der Waals surface area contributed by atoms with Crippen LogP contribution in [0.5, 0.6) is 17.2 Å². The van der Waals surface area contributed by atoms with Crippen molar-refractivity contribution in [1.29, 1.82) is 0 Å². The van der Waals surface area contributed by atoms with Gasteiger partial charge in [-0.2, -0.15) is 0 Å². The standard InChI is InChI=1S/C30H24N2O6S/c1-18-26(29(35)36-3)27(21-12-14-23(15-13-21)37-19(2)33)32-28(34)25(39-30(32)31-18)17-20-8-7-11-24(16-20)38-22-9-5-4-6-10-22/h4-17,27H,1-3H3. The van der Waals surface area contributed by atoms with Crippen LogP contribution in [0, 0.1) is 0 Å². The Balaban J connectivity index is 1.59. The van der Waals surface area contributed by atoms with E-state index < -0.39 is 18.0 Å². The number of hydrogen-bond donors (Lipinski definition) is 0. The lowest BCUT2D eigenvalue weighted by molar-refractivity contribution is -0.136. The van der Waals surface area contributed by atoms with Crippen LogP contribution < -0.4 is 24.4 Å². The number of carbonyl (C=O) groups is 2. The number of hydrogen-bond acceptors (Lipinski definition) is 8. The molecule has 0 spiro atoms. The van der Waals surface area contributed by atoms with Gasteiger partial charge in [0.05, 0.1) is 29.0 Å². The molecule has 0 fully saturated rings. The van der Waals surface area contributed by atoms with Crippen LogP contribution in [0.1, 0.15) is 31.0 Å². The quantitative estimate of drug-likeness (QED) is 0.270. The molecule has 0 amide bonds. The Morgan fingerprint density at radius 2 is 1.67 bits per heavy atom. The Kier molecular flexibility index (Phi) is 7.25. The van der Waals surface area contributed by atoms with Crippen molar-refractivity contribution < 1.29 is 23.8 Å². The van der Waals surface area contributed by atoms with Gasteiger partial charge in [-0.1, -0.05) is 53.8 Å². The number of esters is 2. The Morgan fingerprint density at radius 1 is 0.949 bits per heavy atom. The minimum atomic E-state index is -0.769. The van der Waals surface area contributed by atoms with Crippen molar-refractivity contribution in [3.05, 3.63) is 121 Å². The van der Waals surface area contributed by atoms with Crippen molar-refractivity contribution in [2.45, 2.75) is 19.9 Å². The molecule has 196 valence electrons. The third kappa shape index (κ3) is 5.44. The van der Waals surface area contributed by atoms with E-state index in [1.165, 1.54) is 29.9 Å². The smallest absolute Gasteiger partial charge is 0.338 e. The van der Waals surface area contributed by atoms with Crippen molar-refractivity contribution in [2.24, 2.45) is 4.99 Å². The van der Waals surface area contributed by atoms with Crippen LogP contribution in [0.2, 0.25) is 0 Å². The van der Waals surface area contributed by atoms with E-state index in [0.29, 0.717) is 37.8 Å². The second kappa shape index (κ2) is 10.9. The van der Waals surface area contributed by atoms with E-state index in [2.05, 4.69) is 4.99 Å². The van der Waals surface area contributed by atoms with Gasteiger partial charge in [-0.25, -0.2) is 9.79 Å². The zero-order chi connectivity index (χ0) is 27.5. The van der Waals surface area contributed by atoms with Crippen LogP contribution >= 0.6 is 11.3 Å². The summed E-state index contributed by atoms with van der Waals surface area (Å²) in [5.74, 6) is 0.679. The van der Waals surface area contributed by atoms with Crippen LogP contribution in [-0.4, -0.2) is 23.6 Å². The maximum atomic E-state index is 13.8. The van der Waals surface area contributed by atoms with E-state index in [1.54, 1.807) is 37.3 Å². The Bertz CT molecular complexity index is 1770. The van der Waals surface area contributed by atoms with E-state index in [9.17, 15) is 14.4 Å². The summed E-state index contributed by atoms with van der Waals surface area (Å²) >= 11 is 1.23. The van der Waals surface area contributed by atoms with Crippen molar-refractivity contribution in [3.8, 4) is 17.2 Å². The molecule has 3 aromatic carbocycles. The van der Waals surface area contributed by atoms with Gasteiger partial charge in [0.15, 0.2) is 4.80 Å². The number of fused-ring (bicyclic) bond motifs is 1. The predicted octanol–water partition coefficient (Wildman–Crippen LogP) is 4.13. The lowest BCUT2D eigenvalue weighted by Gasteiger charge is -2.24. The number of para-hydroxylation sites is 1. The van der Waals surface area contributed by atoms with Gasteiger partial charge in [-0.3, -0.25) is 14.2 Å². The van der Waals surface area contributed by atoms with E-state index in [4.69, 9.17) is 14.2 Å². The monoisotopic (exact) mass is 540 g/mol. The third-order valence-corrected chi connectivity index (χ3v) is 7.00. The first-order valence-electron chi connectivity index (χ1n) is 12.1. The SMILES string of the molecule is COC(=O)C1=C(C)N=c2sc(=Cc3cccc(Oc4ccccc4)c3)c(=O)n2C1c1ccc(OC(C)=O)cc1. The van der Waals surface area contributed by atoms with Gasteiger partial charge >= 0.3 is 11.9 Å². The average Bonchev–Trinajstić information content (AvgIpc) is 3.22. The molecule has 5 rings (SSSR count). The number of ether oxygens (including phenoxy) is 3. The molecule has 39 heavy (non-hydrogen) atoms. The van der Waals surface area contributed by atoms with E-state index in [0.717, 1.165) is 5.56 Å². The highest BCUT2D eigenvalue weighted by Crippen LogP contribution is 2.31. The first kappa shape index (κ1) is 25.9. The van der Waals surface area contributed by atoms with Crippen molar-refractivity contribution in [3.63, 3.8) is 0 Å². The number of methoxy groups -OCH3 is 1. The Labute approximate surface area is 227 Å². The van der Waals surface area contributed by atoms with Crippen molar-refractivity contribution in [2.75, 3.05) is 7.11 Å². The first-order valence-corrected chi connectivity index (χ1v) is 12.9. The molecule has 4 aromatic rings. The number of thiazole rings is 1. The fraction of sp³-hybridized carbons (Fsp3) is 0.133. The minimum absolute atomic E-state index is 0.259. The molecule has 1 unspecified atom stereocenters. The molecule has 2 heterocycles. The van der Waals surface area contributed by atoms with Gasteiger partial charge in [-0.15, -0.1) is 0 Å². The fourth-order valence-corrected chi connectivity index (χ4v) is 5.38. The van der Waals surface area contributed by atoms with Crippen LogP contribution in [0.25, 0.3) is 6.08 Å². The molecule has 0 saturated carbocycles. The second-order valence-electron chi connectivity index (χ2n) is 8.72. The summed E-state index contributed by atoms with van der Waals surface area (Å²) in [4.78, 5) is 43.0. The summed E-state index contributed by atoms with van der Waals surface area (Å²) in [6.45, 7) is 3.03. The summed E-state index contributed by atoms with van der Waals surface area (Å²) in [5, 5.41) is 0. The highest BCUT2D eigenvalue weighted by atomic mass is 32.1. The molecular formula is C30H24N2O6S. The van der Waals surface area contributed by atoms with Gasteiger partial charge in [-0.05, 0) is 60.5 Å². The number of rotatable bonds is 6. The third-order valence-electron chi connectivity index (χ3n) is 6.02. The molecule has 1 aromatic heterocycles. The largest absolute Gasteiger partial charge is 0.466 e. The van der Waals surface area contributed by atoms with Gasteiger partial charge in [0.2, 0.25) is 0 Å². The molecule has 0 N–H and O–H groups in total. The molecule has 8 nitrogen and oxygen atoms in total. The summed E-state index contributed by atoms with van der Waals surface area (Å²) in [6, 6.07) is 22.8. The van der Waals surface area contributed by atoms with Gasteiger partial charge in [0, 0.05) is 6.92 Å². The Hall–Kier alpha value is -4.76. The molecule has 9 heteroatoms. The topological polar surface area (TPSA) is 96.2 Å².